The summed E-state index contributed by atoms with van der Waals surface area (Å²) in [6, 6.07) is 9.79. The maximum absolute atomic E-state index is 12.7. The van der Waals surface area contributed by atoms with Crippen LogP contribution in [-0.2, 0) is 32.0 Å². The summed E-state index contributed by atoms with van der Waals surface area (Å²) < 4.78 is 15.2. The number of nitrogens with one attached hydrogen (secondary N) is 1. The number of carbonyl (C=O) groups excluding carboxylic acids is 3. The second-order valence-corrected chi connectivity index (χ2v) is 8.98. The predicted octanol–water partition coefficient (Wildman–Crippen LogP) is 3.82. The van der Waals surface area contributed by atoms with Crippen LogP contribution in [0.4, 0.5) is 9.80 Å². The van der Waals surface area contributed by atoms with Gasteiger partial charge in [-0.25, -0.2) is 4.79 Å². The van der Waals surface area contributed by atoms with Gasteiger partial charge < -0.3 is 24.4 Å². The summed E-state index contributed by atoms with van der Waals surface area (Å²) in [5.74, 6) is 0.0743. The number of fused-ring (bicyclic) bond motifs is 1. The Bertz CT molecular complexity index is 1110. The number of anilines is 1. The van der Waals surface area contributed by atoms with Crippen molar-refractivity contribution in [2.24, 2.45) is 0 Å². The zero-order valence-electron chi connectivity index (χ0n) is 19.4. The first-order valence-electron chi connectivity index (χ1n) is 10.9. The van der Waals surface area contributed by atoms with E-state index in [-0.39, 0.29) is 38.0 Å². The van der Waals surface area contributed by atoms with Gasteiger partial charge in [-0.1, -0.05) is 19.1 Å². The first kappa shape index (κ1) is 25.1. The second kappa shape index (κ2) is 11.5. The number of hydrogen-bond acceptors (Lipinski definition) is 8. The van der Waals surface area contributed by atoms with Gasteiger partial charge in [-0.3, -0.25) is 9.59 Å². The SMILES string of the molecule is COc1cccc(C(C)CC(=O)Nc2sc3c(c2C#N)CCN(C(=O)OCCOC(C)=O)C3)c1. The topological polar surface area (TPSA) is 118 Å². The van der Waals surface area contributed by atoms with E-state index in [1.807, 2.05) is 31.2 Å². The number of amides is 2. The van der Waals surface area contributed by atoms with Crippen molar-refractivity contribution < 1.29 is 28.6 Å². The zero-order chi connectivity index (χ0) is 24.7. The Hall–Kier alpha value is -3.58. The van der Waals surface area contributed by atoms with Gasteiger partial charge in [-0.2, -0.15) is 5.26 Å². The van der Waals surface area contributed by atoms with Gasteiger partial charge in [0.25, 0.3) is 0 Å². The normalized spacial score (nSPS) is 13.3. The third-order valence-corrected chi connectivity index (χ3v) is 6.58. The molecule has 1 aromatic carbocycles. The van der Waals surface area contributed by atoms with Crippen LogP contribution in [0.15, 0.2) is 24.3 Å². The predicted molar refractivity (Wildman–Crippen MR) is 126 cm³/mol. The molecule has 0 fully saturated rings. The van der Waals surface area contributed by atoms with Crippen LogP contribution in [0.25, 0.3) is 0 Å². The quantitative estimate of drug-likeness (QED) is 0.446. The summed E-state index contributed by atoms with van der Waals surface area (Å²) in [6.07, 6.45) is 0.230. The lowest BCUT2D eigenvalue weighted by atomic mass is 9.97. The van der Waals surface area contributed by atoms with E-state index in [0.29, 0.717) is 23.5 Å². The van der Waals surface area contributed by atoms with Crippen molar-refractivity contribution in [3.05, 3.63) is 45.8 Å². The molecule has 0 saturated heterocycles. The number of ether oxygens (including phenoxy) is 3. The maximum atomic E-state index is 12.7. The number of thiophene rings is 1. The van der Waals surface area contributed by atoms with Crippen molar-refractivity contribution in [2.75, 3.05) is 32.2 Å². The van der Waals surface area contributed by atoms with Crippen LogP contribution in [-0.4, -0.2) is 49.7 Å². The lowest BCUT2D eigenvalue weighted by Crippen LogP contribution is -2.36. The number of benzene rings is 1. The smallest absolute Gasteiger partial charge is 0.410 e. The van der Waals surface area contributed by atoms with Crippen LogP contribution in [0.2, 0.25) is 0 Å². The highest BCUT2D eigenvalue weighted by Gasteiger charge is 2.28. The average molecular weight is 486 g/mol. The number of hydrogen-bond donors (Lipinski definition) is 1. The first-order chi connectivity index (χ1) is 16.3. The van der Waals surface area contributed by atoms with Crippen molar-refractivity contribution in [2.45, 2.75) is 39.2 Å². The van der Waals surface area contributed by atoms with Crippen LogP contribution < -0.4 is 10.1 Å². The molecule has 3 rings (SSSR count). The van der Waals surface area contributed by atoms with E-state index in [1.165, 1.54) is 23.2 Å². The third kappa shape index (κ3) is 6.26. The minimum Gasteiger partial charge on any atom is -0.497 e. The standard InChI is InChI=1S/C24H27N3O6S/c1-15(17-5-4-6-18(12-17)31-3)11-22(29)26-23-20(13-25)19-7-8-27(14-21(19)34-23)24(30)33-10-9-32-16(2)28/h4-6,12,15H,7-11,14H2,1-3H3,(H,26,29). The lowest BCUT2D eigenvalue weighted by Gasteiger charge is -2.26. The maximum Gasteiger partial charge on any atom is 0.410 e. The molecular weight excluding hydrogens is 458 g/mol. The van der Waals surface area contributed by atoms with Gasteiger partial charge in [0.05, 0.1) is 19.2 Å². The number of nitriles is 1. The molecule has 1 aliphatic heterocycles. The molecule has 1 atom stereocenters. The van der Waals surface area contributed by atoms with Gasteiger partial charge in [0.2, 0.25) is 5.91 Å². The molecule has 0 spiro atoms. The molecule has 2 aromatic rings. The van der Waals surface area contributed by atoms with Crippen LogP contribution in [0.3, 0.4) is 0 Å². The zero-order valence-corrected chi connectivity index (χ0v) is 20.2. The fourth-order valence-electron chi connectivity index (χ4n) is 3.69. The summed E-state index contributed by atoms with van der Waals surface area (Å²) in [5.41, 5.74) is 2.29. The van der Waals surface area contributed by atoms with E-state index in [2.05, 4.69) is 11.4 Å². The van der Waals surface area contributed by atoms with Crippen molar-refractivity contribution >= 4 is 34.3 Å². The Morgan fingerprint density at radius 2 is 2.03 bits per heavy atom. The molecule has 2 amide bonds. The van der Waals surface area contributed by atoms with Crippen molar-refractivity contribution in [3.8, 4) is 11.8 Å². The summed E-state index contributed by atoms with van der Waals surface area (Å²) in [4.78, 5) is 38.2. The van der Waals surface area contributed by atoms with E-state index < -0.39 is 12.1 Å². The first-order valence-corrected chi connectivity index (χ1v) is 11.7. The molecule has 0 bridgehead atoms. The number of rotatable bonds is 8. The van der Waals surface area contributed by atoms with E-state index in [4.69, 9.17) is 14.2 Å². The molecule has 34 heavy (non-hydrogen) atoms. The summed E-state index contributed by atoms with van der Waals surface area (Å²) >= 11 is 1.30. The highest BCUT2D eigenvalue weighted by atomic mass is 32.1. The molecule has 1 unspecified atom stereocenters. The Balaban J connectivity index is 1.62. The minimum atomic E-state index is -0.512. The van der Waals surface area contributed by atoms with Crippen LogP contribution in [0, 0.1) is 11.3 Å². The van der Waals surface area contributed by atoms with Crippen molar-refractivity contribution in [3.63, 3.8) is 0 Å². The van der Waals surface area contributed by atoms with Gasteiger partial charge in [0.15, 0.2) is 0 Å². The Morgan fingerprint density at radius 1 is 1.26 bits per heavy atom. The summed E-state index contributed by atoms with van der Waals surface area (Å²) in [7, 11) is 1.60. The van der Waals surface area contributed by atoms with Gasteiger partial charge in [-0.05, 0) is 35.6 Å². The van der Waals surface area contributed by atoms with E-state index >= 15 is 0 Å². The largest absolute Gasteiger partial charge is 0.497 e. The second-order valence-electron chi connectivity index (χ2n) is 7.88. The monoisotopic (exact) mass is 485 g/mol. The van der Waals surface area contributed by atoms with Crippen LogP contribution in [0.5, 0.6) is 5.75 Å². The lowest BCUT2D eigenvalue weighted by molar-refractivity contribution is -0.142. The minimum absolute atomic E-state index is 0.00209. The summed E-state index contributed by atoms with van der Waals surface area (Å²) in [6.45, 7) is 3.91. The van der Waals surface area contributed by atoms with Gasteiger partial charge >= 0.3 is 12.1 Å². The average Bonchev–Trinajstić information content (AvgIpc) is 3.17. The molecule has 9 nitrogen and oxygen atoms in total. The fraction of sp³-hybridized carbons (Fsp3) is 0.417. The van der Waals surface area contributed by atoms with Crippen molar-refractivity contribution in [1.29, 1.82) is 5.26 Å². The molecule has 0 radical (unpaired) electrons. The van der Waals surface area contributed by atoms with E-state index in [9.17, 15) is 19.6 Å². The molecule has 1 aromatic heterocycles. The highest BCUT2D eigenvalue weighted by Crippen LogP contribution is 2.37. The molecule has 180 valence electrons. The fourth-order valence-corrected chi connectivity index (χ4v) is 4.92. The molecule has 2 heterocycles. The van der Waals surface area contributed by atoms with E-state index in [1.54, 1.807) is 7.11 Å². The number of carbonyl (C=O) groups is 3. The Kier molecular flexibility index (Phi) is 8.49. The molecule has 0 saturated carbocycles. The van der Waals surface area contributed by atoms with Crippen LogP contribution >= 0.6 is 11.3 Å². The molecule has 10 heteroatoms. The van der Waals surface area contributed by atoms with Gasteiger partial charge in [0.1, 0.15) is 30.0 Å². The van der Waals surface area contributed by atoms with Crippen LogP contribution in [0.1, 0.15) is 47.8 Å². The number of esters is 1. The molecule has 0 aliphatic carbocycles. The number of nitrogens with zero attached hydrogens (tertiary/aromatic N) is 2. The molecule has 1 N–H and O–H groups in total. The van der Waals surface area contributed by atoms with Gasteiger partial charge in [0, 0.05) is 24.8 Å². The summed E-state index contributed by atoms with van der Waals surface area (Å²) in [5, 5.41) is 13.1. The number of methoxy groups -OCH3 is 1. The Morgan fingerprint density at radius 3 is 2.74 bits per heavy atom. The van der Waals surface area contributed by atoms with Crippen molar-refractivity contribution in [1.82, 2.24) is 4.90 Å². The van der Waals surface area contributed by atoms with Gasteiger partial charge in [-0.15, -0.1) is 11.3 Å². The molecular formula is C24H27N3O6S. The molecule has 1 aliphatic rings. The van der Waals surface area contributed by atoms with E-state index in [0.717, 1.165) is 21.8 Å². The highest BCUT2D eigenvalue weighted by molar-refractivity contribution is 7.16. The Labute approximate surface area is 202 Å². The third-order valence-electron chi connectivity index (χ3n) is 5.45.